The standard InChI is InChI=1S/C15H13Cl2N3/c1-10(16)15-19-13-4-2-3-12(17)14(13)20(15)9-11-5-7-18-8-6-11/h2-8,10H,9H2,1H3. The number of pyridine rings is 1. The molecule has 2 aromatic heterocycles. The molecule has 0 saturated carbocycles. The highest BCUT2D eigenvalue weighted by Crippen LogP contribution is 2.29. The quantitative estimate of drug-likeness (QED) is 0.670. The summed E-state index contributed by atoms with van der Waals surface area (Å²) in [5.41, 5.74) is 2.93. The number of benzene rings is 1. The third kappa shape index (κ3) is 2.39. The van der Waals surface area contributed by atoms with Gasteiger partial charge in [-0.3, -0.25) is 4.98 Å². The average Bonchev–Trinajstić information content (AvgIpc) is 2.80. The number of halogens is 2. The van der Waals surface area contributed by atoms with Crippen molar-refractivity contribution < 1.29 is 0 Å². The Hall–Kier alpha value is -1.58. The lowest BCUT2D eigenvalue weighted by Crippen LogP contribution is -2.06. The Morgan fingerprint density at radius 2 is 1.95 bits per heavy atom. The molecule has 20 heavy (non-hydrogen) atoms. The first-order valence-corrected chi connectivity index (χ1v) is 7.16. The Balaban J connectivity index is 2.19. The summed E-state index contributed by atoms with van der Waals surface area (Å²) < 4.78 is 2.07. The Kier molecular flexibility index (Phi) is 3.64. The molecule has 0 aliphatic carbocycles. The highest BCUT2D eigenvalue weighted by Gasteiger charge is 2.16. The molecule has 3 nitrogen and oxygen atoms in total. The lowest BCUT2D eigenvalue weighted by atomic mass is 10.2. The Bertz CT molecular complexity index is 735. The first-order valence-electron chi connectivity index (χ1n) is 6.34. The predicted octanol–water partition coefficient (Wildman–Crippen LogP) is 4.43. The van der Waals surface area contributed by atoms with Gasteiger partial charge in [0.15, 0.2) is 0 Å². The molecule has 0 aliphatic rings. The van der Waals surface area contributed by atoms with Crippen LogP contribution in [0.4, 0.5) is 0 Å². The Labute approximate surface area is 127 Å². The van der Waals surface area contributed by atoms with E-state index in [0.717, 1.165) is 22.4 Å². The molecule has 0 bridgehead atoms. The normalized spacial score (nSPS) is 12.8. The summed E-state index contributed by atoms with van der Waals surface area (Å²) in [4.78, 5) is 8.64. The van der Waals surface area contributed by atoms with Crippen LogP contribution < -0.4 is 0 Å². The van der Waals surface area contributed by atoms with Gasteiger partial charge >= 0.3 is 0 Å². The van der Waals surface area contributed by atoms with Crippen LogP contribution in [0.25, 0.3) is 11.0 Å². The SMILES string of the molecule is CC(Cl)c1nc2cccc(Cl)c2n1Cc1ccncc1. The molecule has 5 heteroatoms. The van der Waals surface area contributed by atoms with Crippen molar-refractivity contribution in [1.29, 1.82) is 0 Å². The Morgan fingerprint density at radius 1 is 1.20 bits per heavy atom. The molecule has 0 fully saturated rings. The second kappa shape index (κ2) is 5.43. The van der Waals surface area contributed by atoms with Crippen molar-refractivity contribution in [1.82, 2.24) is 14.5 Å². The van der Waals surface area contributed by atoms with Gasteiger partial charge in [-0.05, 0) is 36.8 Å². The summed E-state index contributed by atoms with van der Waals surface area (Å²) in [6.45, 7) is 2.59. The van der Waals surface area contributed by atoms with E-state index in [9.17, 15) is 0 Å². The second-order valence-corrected chi connectivity index (χ2v) is 5.70. The number of aromatic nitrogens is 3. The van der Waals surface area contributed by atoms with Gasteiger partial charge in [0.25, 0.3) is 0 Å². The molecule has 0 amide bonds. The summed E-state index contributed by atoms with van der Waals surface area (Å²) in [6.07, 6.45) is 3.56. The van der Waals surface area contributed by atoms with Crippen molar-refractivity contribution in [3.05, 3.63) is 59.1 Å². The van der Waals surface area contributed by atoms with Gasteiger partial charge in [-0.1, -0.05) is 17.7 Å². The lowest BCUT2D eigenvalue weighted by Gasteiger charge is -2.11. The third-order valence-corrected chi connectivity index (χ3v) is 3.69. The molecular formula is C15H13Cl2N3. The van der Waals surface area contributed by atoms with Crippen LogP contribution in [-0.4, -0.2) is 14.5 Å². The van der Waals surface area contributed by atoms with Crippen LogP contribution in [0, 0.1) is 0 Å². The van der Waals surface area contributed by atoms with E-state index in [1.54, 1.807) is 12.4 Å². The number of fused-ring (bicyclic) bond motifs is 1. The largest absolute Gasteiger partial charge is 0.321 e. The van der Waals surface area contributed by atoms with Crippen molar-refractivity contribution in [3.63, 3.8) is 0 Å². The molecule has 0 N–H and O–H groups in total. The van der Waals surface area contributed by atoms with Crippen molar-refractivity contribution in [3.8, 4) is 0 Å². The fourth-order valence-electron chi connectivity index (χ4n) is 2.29. The average molecular weight is 306 g/mol. The van der Waals surface area contributed by atoms with Crippen LogP contribution in [0.15, 0.2) is 42.7 Å². The van der Waals surface area contributed by atoms with Gasteiger partial charge in [0.05, 0.1) is 21.4 Å². The van der Waals surface area contributed by atoms with Gasteiger partial charge in [-0.15, -0.1) is 11.6 Å². The zero-order valence-corrected chi connectivity index (χ0v) is 12.4. The van der Waals surface area contributed by atoms with Crippen LogP contribution >= 0.6 is 23.2 Å². The van der Waals surface area contributed by atoms with Gasteiger partial charge in [0.2, 0.25) is 0 Å². The van der Waals surface area contributed by atoms with E-state index in [1.165, 1.54) is 0 Å². The molecule has 1 atom stereocenters. The van der Waals surface area contributed by atoms with E-state index in [2.05, 4.69) is 14.5 Å². The van der Waals surface area contributed by atoms with Gasteiger partial charge in [0.1, 0.15) is 5.82 Å². The van der Waals surface area contributed by atoms with E-state index in [4.69, 9.17) is 23.2 Å². The number of hydrogen-bond acceptors (Lipinski definition) is 2. The third-order valence-electron chi connectivity index (χ3n) is 3.19. The number of imidazole rings is 1. The number of para-hydroxylation sites is 1. The van der Waals surface area contributed by atoms with E-state index in [-0.39, 0.29) is 5.38 Å². The first kappa shape index (κ1) is 13.4. The van der Waals surface area contributed by atoms with Gasteiger partial charge in [0, 0.05) is 18.9 Å². The molecule has 1 unspecified atom stereocenters. The smallest absolute Gasteiger partial charge is 0.128 e. The van der Waals surface area contributed by atoms with Gasteiger partial charge in [-0.2, -0.15) is 0 Å². The van der Waals surface area contributed by atoms with Crippen LogP contribution in [0.5, 0.6) is 0 Å². The maximum atomic E-state index is 6.33. The van der Waals surface area contributed by atoms with Crippen molar-refractivity contribution in [2.24, 2.45) is 0 Å². The fraction of sp³-hybridized carbons (Fsp3) is 0.200. The van der Waals surface area contributed by atoms with Crippen LogP contribution in [0.3, 0.4) is 0 Å². The molecule has 0 aliphatic heterocycles. The number of alkyl halides is 1. The van der Waals surface area contributed by atoms with Crippen LogP contribution in [0.1, 0.15) is 23.7 Å². The molecule has 0 radical (unpaired) electrons. The maximum Gasteiger partial charge on any atom is 0.128 e. The summed E-state index contributed by atoms with van der Waals surface area (Å²) in [5, 5.41) is 0.507. The molecule has 0 saturated heterocycles. The van der Waals surface area contributed by atoms with E-state index in [1.807, 2.05) is 37.3 Å². The number of rotatable bonds is 3. The van der Waals surface area contributed by atoms with Crippen molar-refractivity contribution in [2.75, 3.05) is 0 Å². The zero-order chi connectivity index (χ0) is 14.1. The number of hydrogen-bond donors (Lipinski definition) is 0. The highest BCUT2D eigenvalue weighted by molar-refractivity contribution is 6.35. The monoisotopic (exact) mass is 305 g/mol. The predicted molar refractivity (Wildman–Crippen MR) is 82.4 cm³/mol. The maximum absolute atomic E-state index is 6.33. The summed E-state index contributed by atoms with van der Waals surface area (Å²) in [6, 6.07) is 9.68. The van der Waals surface area contributed by atoms with Crippen LogP contribution in [0.2, 0.25) is 5.02 Å². The Morgan fingerprint density at radius 3 is 2.65 bits per heavy atom. The van der Waals surface area contributed by atoms with E-state index >= 15 is 0 Å². The molecule has 1 aromatic carbocycles. The van der Waals surface area contributed by atoms with E-state index in [0.29, 0.717) is 11.6 Å². The molecule has 2 heterocycles. The fourth-order valence-corrected chi connectivity index (χ4v) is 2.73. The molecule has 102 valence electrons. The molecule has 3 aromatic rings. The summed E-state index contributed by atoms with van der Waals surface area (Å²) in [7, 11) is 0. The first-order chi connectivity index (χ1) is 9.66. The number of nitrogens with zero attached hydrogens (tertiary/aromatic N) is 3. The highest BCUT2D eigenvalue weighted by atomic mass is 35.5. The van der Waals surface area contributed by atoms with E-state index < -0.39 is 0 Å². The minimum absolute atomic E-state index is 0.180. The molecule has 3 rings (SSSR count). The summed E-state index contributed by atoms with van der Waals surface area (Å²) in [5.74, 6) is 0.826. The van der Waals surface area contributed by atoms with Gasteiger partial charge < -0.3 is 4.57 Å². The van der Waals surface area contributed by atoms with Crippen LogP contribution in [-0.2, 0) is 6.54 Å². The van der Waals surface area contributed by atoms with Crippen molar-refractivity contribution in [2.45, 2.75) is 18.8 Å². The minimum atomic E-state index is -0.180. The van der Waals surface area contributed by atoms with Crippen molar-refractivity contribution >= 4 is 34.2 Å². The minimum Gasteiger partial charge on any atom is -0.321 e. The van der Waals surface area contributed by atoms with Gasteiger partial charge in [-0.25, -0.2) is 4.98 Å². The second-order valence-electron chi connectivity index (χ2n) is 4.64. The summed E-state index contributed by atoms with van der Waals surface area (Å²) >= 11 is 12.6. The lowest BCUT2D eigenvalue weighted by molar-refractivity contribution is 0.742. The molecular weight excluding hydrogens is 293 g/mol. The topological polar surface area (TPSA) is 30.7 Å². The molecule has 0 spiro atoms. The zero-order valence-electron chi connectivity index (χ0n) is 10.9.